The summed E-state index contributed by atoms with van der Waals surface area (Å²) in [5.74, 6) is -0.278. The number of aromatic nitrogens is 4. The van der Waals surface area contributed by atoms with Gasteiger partial charge in [-0.3, -0.25) is 0 Å². The number of rotatable bonds is 11. The Morgan fingerprint density at radius 3 is 2.76 bits per heavy atom. The summed E-state index contributed by atoms with van der Waals surface area (Å²) in [6.07, 6.45) is 12.7. The number of imidazole rings is 2. The van der Waals surface area contributed by atoms with Crippen molar-refractivity contribution in [2.75, 3.05) is 19.5 Å². The molecule has 7 nitrogen and oxygen atoms in total. The lowest BCUT2D eigenvalue weighted by molar-refractivity contribution is -0.189. The van der Waals surface area contributed by atoms with Crippen molar-refractivity contribution in [2.45, 2.75) is 36.5 Å². The van der Waals surface area contributed by atoms with Crippen molar-refractivity contribution in [2.24, 2.45) is 0 Å². The molecule has 194 valence electrons. The molecule has 2 aromatic heterocycles. The standard InChI is InChI=1S/C27H28Cl2N4O3S/c1-37-24(12-21-13-31-17-32-21)10-19-2-5-22(6-3-19)34-14-23-15-35-27(36-23,16-33-9-8-30-18-33)25-7-4-20(28)11-26(25)29/h2-9,11,13,17-18,23-24H,10,12,14-16H2,1H3,(H,31,32). The van der Waals surface area contributed by atoms with Gasteiger partial charge >= 0.3 is 0 Å². The Labute approximate surface area is 230 Å². The lowest BCUT2D eigenvalue weighted by Crippen LogP contribution is -2.34. The lowest BCUT2D eigenvalue weighted by atomic mass is 10.1. The second-order valence-electron chi connectivity index (χ2n) is 8.96. The first-order valence-electron chi connectivity index (χ1n) is 12.0. The highest BCUT2D eigenvalue weighted by Gasteiger charge is 2.45. The summed E-state index contributed by atoms with van der Waals surface area (Å²) in [7, 11) is 0. The van der Waals surface area contributed by atoms with Crippen molar-refractivity contribution >= 4 is 35.0 Å². The van der Waals surface area contributed by atoms with Crippen molar-refractivity contribution in [1.29, 1.82) is 0 Å². The van der Waals surface area contributed by atoms with Crippen LogP contribution in [0.4, 0.5) is 0 Å². The first kappa shape index (κ1) is 26.1. The van der Waals surface area contributed by atoms with E-state index in [-0.39, 0.29) is 6.10 Å². The van der Waals surface area contributed by atoms with Gasteiger partial charge in [0.2, 0.25) is 5.79 Å². The molecule has 3 heterocycles. The van der Waals surface area contributed by atoms with Gasteiger partial charge in [-0.15, -0.1) is 0 Å². The van der Waals surface area contributed by atoms with Crippen LogP contribution < -0.4 is 4.74 Å². The van der Waals surface area contributed by atoms with E-state index >= 15 is 0 Å². The van der Waals surface area contributed by atoms with Crippen LogP contribution in [0.2, 0.25) is 10.0 Å². The number of nitrogens with zero attached hydrogens (tertiary/aromatic N) is 3. The predicted octanol–water partition coefficient (Wildman–Crippen LogP) is 5.78. The largest absolute Gasteiger partial charge is 0.491 e. The second-order valence-corrected chi connectivity index (χ2v) is 10.9. The van der Waals surface area contributed by atoms with Crippen LogP contribution in [0.5, 0.6) is 5.75 Å². The van der Waals surface area contributed by atoms with Gasteiger partial charge in [-0.1, -0.05) is 41.4 Å². The van der Waals surface area contributed by atoms with Gasteiger partial charge in [0.25, 0.3) is 0 Å². The number of benzene rings is 2. The fourth-order valence-corrected chi connectivity index (χ4v) is 5.69. The fraction of sp³-hybridized carbons (Fsp3) is 0.333. The molecule has 1 fully saturated rings. The molecule has 3 unspecified atom stereocenters. The number of ether oxygens (including phenoxy) is 3. The molecule has 2 aromatic carbocycles. The van der Waals surface area contributed by atoms with Gasteiger partial charge in [0.05, 0.1) is 30.8 Å². The van der Waals surface area contributed by atoms with Gasteiger partial charge in [-0.2, -0.15) is 11.8 Å². The number of halogens is 2. The highest BCUT2D eigenvalue weighted by molar-refractivity contribution is 7.99. The predicted molar refractivity (Wildman–Crippen MR) is 146 cm³/mol. The Morgan fingerprint density at radius 1 is 1.19 bits per heavy atom. The maximum atomic E-state index is 6.55. The minimum absolute atomic E-state index is 0.273. The molecule has 1 saturated heterocycles. The van der Waals surface area contributed by atoms with Crippen LogP contribution in [0.15, 0.2) is 73.7 Å². The van der Waals surface area contributed by atoms with E-state index in [9.17, 15) is 0 Å². The Kier molecular flexibility index (Phi) is 8.42. The summed E-state index contributed by atoms with van der Waals surface area (Å²) in [4.78, 5) is 11.4. The summed E-state index contributed by atoms with van der Waals surface area (Å²) in [5, 5.41) is 1.51. The molecule has 0 radical (unpaired) electrons. The monoisotopic (exact) mass is 558 g/mol. The molecule has 0 bridgehead atoms. The minimum Gasteiger partial charge on any atom is -0.491 e. The number of H-pyrrole nitrogens is 1. The molecule has 3 atom stereocenters. The molecule has 0 saturated carbocycles. The zero-order valence-electron chi connectivity index (χ0n) is 20.3. The average Bonchev–Trinajstić information content (AvgIpc) is 3.67. The van der Waals surface area contributed by atoms with Crippen molar-refractivity contribution in [1.82, 2.24) is 19.5 Å². The van der Waals surface area contributed by atoms with Crippen molar-refractivity contribution in [3.8, 4) is 5.75 Å². The van der Waals surface area contributed by atoms with E-state index in [0.29, 0.717) is 35.1 Å². The first-order chi connectivity index (χ1) is 18.0. The third-order valence-corrected chi connectivity index (χ3v) is 7.86. The van der Waals surface area contributed by atoms with Crippen LogP contribution in [-0.4, -0.2) is 50.3 Å². The van der Waals surface area contributed by atoms with Gasteiger partial charge in [0, 0.05) is 46.5 Å². The number of hydrogen-bond donors (Lipinski definition) is 1. The SMILES string of the molecule is CSC(Cc1ccc(OCC2COC(Cn3ccnc3)(c3ccc(Cl)cc3Cl)O2)cc1)Cc1cnc[nH]1. The third kappa shape index (κ3) is 6.51. The molecule has 1 aliphatic heterocycles. The topological polar surface area (TPSA) is 74.2 Å². The van der Waals surface area contributed by atoms with E-state index in [0.717, 1.165) is 29.8 Å². The minimum atomic E-state index is -1.07. The summed E-state index contributed by atoms with van der Waals surface area (Å²) in [6.45, 7) is 1.12. The maximum Gasteiger partial charge on any atom is 0.215 e. The fourth-order valence-electron chi connectivity index (χ4n) is 4.43. The zero-order valence-corrected chi connectivity index (χ0v) is 22.7. The normalized spacial score (nSPS) is 20.2. The molecule has 0 aliphatic carbocycles. The molecule has 0 spiro atoms. The van der Waals surface area contributed by atoms with Crippen molar-refractivity contribution in [3.63, 3.8) is 0 Å². The van der Waals surface area contributed by atoms with Crippen LogP contribution >= 0.6 is 35.0 Å². The van der Waals surface area contributed by atoms with Crippen LogP contribution in [-0.2, 0) is 34.6 Å². The van der Waals surface area contributed by atoms with E-state index in [1.165, 1.54) is 5.56 Å². The molecule has 4 aromatic rings. The number of thioether (sulfide) groups is 1. The molecule has 37 heavy (non-hydrogen) atoms. The van der Waals surface area contributed by atoms with E-state index < -0.39 is 5.79 Å². The van der Waals surface area contributed by atoms with Crippen molar-refractivity contribution < 1.29 is 14.2 Å². The Bertz CT molecular complexity index is 1270. The quantitative estimate of drug-likeness (QED) is 0.251. The summed E-state index contributed by atoms with van der Waals surface area (Å²) in [6, 6.07) is 13.6. The number of aromatic amines is 1. The zero-order chi connectivity index (χ0) is 25.7. The number of nitrogens with one attached hydrogen (secondary N) is 1. The van der Waals surface area contributed by atoms with Gasteiger partial charge in [0.15, 0.2) is 0 Å². The Balaban J connectivity index is 1.21. The summed E-state index contributed by atoms with van der Waals surface area (Å²) >= 11 is 14.5. The van der Waals surface area contributed by atoms with E-state index in [4.69, 9.17) is 37.4 Å². The van der Waals surface area contributed by atoms with Crippen LogP contribution in [0.25, 0.3) is 0 Å². The van der Waals surface area contributed by atoms with Gasteiger partial charge in [-0.25, -0.2) is 9.97 Å². The van der Waals surface area contributed by atoms with Crippen LogP contribution in [0.1, 0.15) is 16.8 Å². The smallest absolute Gasteiger partial charge is 0.215 e. The molecular formula is C27H28Cl2N4O3S. The summed E-state index contributed by atoms with van der Waals surface area (Å²) in [5.41, 5.74) is 3.14. The Hall–Kier alpha value is -2.49. The second kappa shape index (κ2) is 11.9. The van der Waals surface area contributed by atoms with Crippen LogP contribution in [0.3, 0.4) is 0 Å². The molecule has 0 amide bonds. The van der Waals surface area contributed by atoms with Crippen LogP contribution in [0, 0.1) is 0 Å². The lowest BCUT2D eigenvalue weighted by Gasteiger charge is -2.30. The number of hydrogen-bond acceptors (Lipinski definition) is 6. The molecular weight excluding hydrogens is 531 g/mol. The van der Waals surface area contributed by atoms with E-state index in [1.54, 1.807) is 31.0 Å². The van der Waals surface area contributed by atoms with Gasteiger partial charge < -0.3 is 23.8 Å². The van der Waals surface area contributed by atoms with Gasteiger partial charge in [0.1, 0.15) is 18.5 Å². The van der Waals surface area contributed by atoms with E-state index in [2.05, 4.69) is 33.3 Å². The average molecular weight is 560 g/mol. The first-order valence-corrected chi connectivity index (χ1v) is 14.0. The maximum absolute atomic E-state index is 6.55. The van der Waals surface area contributed by atoms with Gasteiger partial charge in [-0.05, 0) is 42.5 Å². The highest BCUT2D eigenvalue weighted by Crippen LogP contribution is 2.40. The molecule has 10 heteroatoms. The molecule has 5 rings (SSSR count). The Morgan fingerprint density at radius 2 is 2.05 bits per heavy atom. The summed E-state index contributed by atoms with van der Waals surface area (Å²) < 4.78 is 20.7. The molecule has 1 N–H and O–H groups in total. The highest BCUT2D eigenvalue weighted by atomic mass is 35.5. The molecule has 1 aliphatic rings. The van der Waals surface area contributed by atoms with E-state index in [1.807, 2.05) is 46.9 Å². The third-order valence-electron chi connectivity index (χ3n) is 6.31. The van der Waals surface area contributed by atoms with Crippen molar-refractivity contribution in [3.05, 3.63) is 101 Å².